The molecule has 1 aromatic carbocycles. The van der Waals surface area contributed by atoms with Gasteiger partial charge in [-0.25, -0.2) is 4.98 Å². The summed E-state index contributed by atoms with van der Waals surface area (Å²) >= 11 is 12.2. The van der Waals surface area contributed by atoms with Crippen LogP contribution < -0.4 is 10.6 Å². The number of carbonyl (C=O) groups excluding carboxylic acids is 1. The van der Waals surface area contributed by atoms with Gasteiger partial charge in [0.25, 0.3) is 5.91 Å². The number of anilines is 1. The first-order chi connectivity index (χ1) is 10.4. The van der Waals surface area contributed by atoms with E-state index in [4.69, 9.17) is 28.9 Å². The summed E-state index contributed by atoms with van der Waals surface area (Å²) < 4.78 is 0. The van der Waals surface area contributed by atoms with Crippen molar-refractivity contribution in [1.82, 2.24) is 4.98 Å². The molecule has 1 aromatic heterocycles. The van der Waals surface area contributed by atoms with Crippen molar-refractivity contribution in [2.45, 2.75) is 18.4 Å². The number of primary amides is 1. The summed E-state index contributed by atoms with van der Waals surface area (Å²) in [6.45, 7) is 0.811. The van der Waals surface area contributed by atoms with Crippen molar-refractivity contribution in [3.8, 4) is 0 Å². The van der Waals surface area contributed by atoms with Crippen LogP contribution in [0.3, 0.4) is 0 Å². The molecule has 0 saturated carbocycles. The predicted molar refractivity (Wildman–Crippen MR) is 87.4 cm³/mol. The summed E-state index contributed by atoms with van der Waals surface area (Å²) in [6, 6.07) is 7.29. The molecule has 1 fully saturated rings. The van der Waals surface area contributed by atoms with Gasteiger partial charge in [-0.2, -0.15) is 0 Å². The Labute approximate surface area is 137 Å². The minimum atomic E-state index is -1.52. The van der Waals surface area contributed by atoms with Crippen LogP contribution in [-0.2, 0) is 4.79 Å². The van der Waals surface area contributed by atoms with E-state index in [1.165, 1.54) is 0 Å². The van der Waals surface area contributed by atoms with Gasteiger partial charge in [0.15, 0.2) is 5.60 Å². The van der Waals surface area contributed by atoms with Gasteiger partial charge >= 0.3 is 0 Å². The zero-order chi connectivity index (χ0) is 15.9. The largest absolute Gasteiger partial charge is 0.378 e. The van der Waals surface area contributed by atoms with E-state index in [-0.39, 0.29) is 6.54 Å². The number of hydrogen-bond acceptors (Lipinski definition) is 4. The molecule has 116 valence electrons. The van der Waals surface area contributed by atoms with Crippen LogP contribution in [0, 0.1) is 0 Å². The van der Waals surface area contributed by atoms with Crippen molar-refractivity contribution >= 4 is 45.8 Å². The summed E-state index contributed by atoms with van der Waals surface area (Å²) in [4.78, 5) is 17.8. The average Bonchev–Trinajstić information content (AvgIpc) is 2.51. The van der Waals surface area contributed by atoms with E-state index in [1.807, 2.05) is 23.1 Å². The lowest BCUT2D eigenvalue weighted by molar-refractivity contribution is -0.137. The number of hydrogen-bond donors (Lipinski definition) is 2. The number of fused-ring (bicyclic) bond motifs is 1. The van der Waals surface area contributed by atoms with Gasteiger partial charge < -0.3 is 15.7 Å². The Bertz CT molecular complexity index is 753. The third-order valence-electron chi connectivity index (χ3n) is 3.99. The molecule has 3 N–H and O–H groups in total. The number of nitrogens with two attached hydrogens (primary N) is 1. The topological polar surface area (TPSA) is 79.5 Å². The number of halogens is 2. The Morgan fingerprint density at radius 3 is 2.77 bits per heavy atom. The molecular weight excluding hydrogens is 325 g/mol. The quantitative estimate of drug-likeness (QED) is 0.880. The molecule has 0 radical (unpaired) electrons. The first kappa shape index (κ1) is 15.3. The maximum atomic E-state index is 11.5. The number of piperidine rings is 1. The first-order valence-electron chi connectivity index (χ1n) is 6.93. The molecule has 1 aliphatic rings. The van der Waals surface area contributed by atoms with Crippen LogP contribution in [0.15, 0.2) is 24.3 Å². The number of benzene rings is 1. The van der Waals surface area contributed by atoms with E-state index in [0.29, 0.717) is 40.8 Å². The van der Waals surface area contributed by atoms with E-state index in [1.54, 1.807) is 6.07 Å². The van der Waals surface area contributed by atoms with E-state index in [0.717, 1.165) is 5.39 Å². The molecule has 0 bridgehead atoms. The third kappa shape index (κ3) is 2.60. The summed E-state index contributed by atoms with van der Waals surface area (Å²) in [5, 5.41) is 12.0. The lowest BCUT2D eigenvalue weighted by Crippen LogP contribution is -2.56. The van der Waals surface area contributed by atoms with Crippen molar-refractivity contribution in [2.24, 2.45) is 5.73 Å². The molecule has 3 rings (SSSR count). The average molecular weight is 340 g/mol. The molecule has 0 aliphatic carbocycles. The Kier molecular flexibility index (Phi) is 3.89. The molecular formula is C15H15Cl2N3O2. The van der Waals surface area contributed by atoms with E-state index in [2.05, 4.69) is 4.98 Å². The first-order valence-corrected chi connectivity index (χ1v) is 7.68. The van der Waals surface area contributed by atoms with Crippen molar-refractivity contribution < 1.29 is 9.90 Å². The van der Waals surface area contributed by atoms with Crippen molar-refractivity contribution in [1.29, 1.82) is 0 Å². The third-order valence-corrected chi connectivity index (χ3v) is 4.79. The Morgan fingerprint density at radius 1 is 1.32 bits per heavy atom. The number of amides is 1. The van der Waals surface area contributed by atoms with Gasteiger partial charge in [0.2, 0.25) is 0 Å². The minimum absolute atomic E-state index is 0.124. The van der Waals surface area contributed by atoms with E-state index < -0.39 is 11.5 Å². The molecule has 1 saturated heterocycles. The van der Waals surface area contributed by atoms with Gasteiger partial charge in [0, 0.05) is 11.9 Å². The van der Waals surface area contributed by atoms with E-state index in [9.17, 15) is 9.90 Å². The zero-order valence-electron chi connectivity index (χ0n) is 11.7. The monoisotopic (exact) mass is 339 g/mol. The number of β-amino-alcohol motifs (C(OH)–C–C–N with tert-alkyl or cyclic N) is 1. The summed E-state index contributed by atoms with van der Waals surface area (Å²) in [7, 11) is 0. The molecule has 1 atom stereocenters. The highest BCUT2D eigenvalue weighted by Gasteiger charge is 2.39. The van der Waals surface area contributed by atoms with Crippen molar-refractivity contribution in [2.75, 3.05) is 18.0 Å². The fourth-order valence-corrected chi connectivity index (χ4v) is 3.09. The zero-order valence-corrected chi connectivity index (χ0v) is 13.2. The number of rotatable bonds is 2. The molecule has 7 heteroatoms. The fraction of sp³-hybridized carbons (Fsp3) is 0.333. The van der Waals surface area contributed by atoms with Crippen LogP contribution in [0.1, 0.15) is 12.8 Å². The Morgan fingerprint density at radius 2 is 2.05 bits per heavy atom. The predicted octanol–water partition coefficient (Wildman–Crippen LogP) is 2.36. The number of pyridine rings is 1. The maximum absolute atomic E-state index is 11.5. The highest BCUT2D eigenvalue weighted by atomic mass is 35.5. The number of nitrogens with zero attached hydrogens (tertiary/aromatic N) is 2. The van der Waals surface area contributed by atoms with Crippen LogP contribution in [0.5, 0.6) is 0 Å². The lowest BCUT2D eigenvalue weighted by atomic mass is 9.92. The molecule has 1 unspecified atom stereocenters. The lowest BCUT2D eigenvalue weighted by Gasteiger charge is -2.37. The van der Waals surface area contributed by atoms with Gasteiger partial charge in [-0.3, -0.25) is 4.79 Å². The standard InChI is InChI=1S/C15H15Cl2N3O2/c16-10-4-2-9-3-5-11(19-13(9)12(10)17)20-7-1-6-15(22,8-20)14(18)21/h2-5,22H,1,6-8H2,(H2,18,21). The summed E-state index contributed by atoms with van der Waals surface area (Å²) in [6.07, 6.45) is 1.02. The van der Waals surface area contributed by atoms with Gasteiger partial charge in [0.05, 0.1) is 22.1 Å². The van der Waals surface area contributed by atoms with Gasteiger partial charge in [-0.15, -0.1) is 0 Å². The second-order valence-electron chi connectivity index (χ2n) is 5.52. The van der Waals surface area contributed by atoms with Crippen LogP contribution >= 0.6 is 23.2 Å². The molecule has 0 spiro atoms. The van der Waals surface area contributed by atoms with Crippen molar-refractivity contribution in [3.05, 3.63) is 34.3 Å². The maximum Gasteiger partial charge on any atom is 0.251 e. The normalized spacial score (nSPS) is 22.0. The summed E-state index contributed by atoms with van der Waals surface area (Å²) in [5.41, 5.74) is 4.38. The fourth-order valence-electron chi connectivity index (χ4n) is 2.73. The smallest absolute Gasteiger partial charge is 0.251 e. The van der Waals surface area contributed by atoms with Crippen LogP contribution in [0.4, 0.5) is 5.82 Å². The Balaban J connectivity index is 2.00. The van der Waals surface area contributed by atoms with Gasteiger partial charge in [0.1, 0.15) is 5.82 Å². The molecule has 2 heterocycles. The van der Waals surface area contributed by atoms with Gasteiger partial charge in [-0.1, -0.05) is 29.3 Å². The second kappa shape index (κ2) is 5.57. The molecule has 2 aromatic rings. The molecule has 22 heavy (non-hydrogen) atoms. The molecule has 5 nitrogen and oxygen atoms in total. The van der Waals surface area contributed by atoms with Gasteiger partial charge in [-0.05, 0) is 31.0 Å². The highest BCUT2D eigenvalue weighted by Crippen LogP contribution is 2.32. The SMILES string of the molecule is NC(=O)C1(O)CCCN(c2ccc3ccc(Cl)c(Cl)c3n2)C1. The second-order valence-corrected chi connectivity index (χ2v) is 6.31. The number of aromatic nitrogens is 1. The Hall–Kier alpha value is -1.56. The number of carbonyl (C=O) groups is 1. The highest BCUT2D eigenvalue weighted by molar-refractivity contribution is 6.45. The van der Waals surface area contributed by atoms with Crippen LogP contribution in [-0.4, -0.2) is 34.7 Å². The van der Waals surface area contributed by atoms with Crippen LogP contribution in [0.2, 0.25) is 10.0 Å². The molecule has 1 amide bonds. The number of aliphatic hydroxyl groups is 1. The minimum Gasteiger partial charge on any atom is -0.378 e. The van der Waals surface area contributed by atoms with Crippen LogP contribution in [0.25, 0.3) is 10.9 Å². The van der Waals surface area contributed by atoms with Crippen molar-refractivity contribution in [3.63, 3.8) is 0 Å². The summed E-state index contributed by atoms with van der Waals surface area (Å²) in [5.74, 6) is -0.0740. The molecule has 1 aliphatic heterocycles. The van der Waals surface area contributed by atoms with E-state index >= 15 is 0 Å².